The number of nitrogens with zero attached hydrogens (tertiary/aromatic N) is 3. The van der Waals surface area contributed by atoms with E-state index in [9.17, 15) is 14.4 Å². The maximum absolute atomic E-state index is 12.5. The lowest BCUT2D eigenvalue weighted by Crippen LogP contribution is -2.48. The summed E-state index contributed by atoms with van der Waals surface area (Å²) in [6.07, 6.45) is 0. The first-order chi connectivity index (χ1) is 15.9. The van der Waals surface area contributed by atoms with E-state index in [1.807, 2.05) is 34.5 Å². The normalized spacial score (nSPS) is 14.6. The Morgan fingerprint density at radius 2 is 1.91 bits per heavy atom. The molecule has 1 saturated heterocycles. The monoisotopic (exact) mass is 486 g/mol. The number of nitrogens with one attached hydrogen (secondary N) is 1. The molecule has 4 heterocycles. The molecule has 0 bridgehead atoms. The van der Waals surface area contributed by atoms with Crippen molar-refractivity contribution in [3.63, 3.8) is 0 Å². The molecule has 1 fully saturated rings. The summed E-state index contributed by atoms with van der Waals surface area (Å²) in [6.45, 7) is 7.13. The van der Waals surface area contributed by atoms with Crippen LogP contribution in [-0.2, 0) is 16.1 Å². The molecular weight excluding hydrogens is 460 g/mol. The molecule has 1 N–H and O–H groups in total. The van der Waals surface area contributed by atoms with Crippen molar-refractivity contribution in [3.05, 3.63) is 45.1 Å². The molecule has 3 aromatic heterocycles. The summed E-state index contributed by atoms with van der Waals surface area (Å²) in [5.74, 6) is -0.791. The first-order valence-corrected chi connectivity index (χ1v) is 12.4. The van der Waals surface area contributed by atoms with Crippen molar-refractivity contribution >= 4 is 56.4 Å². The molecule has 0 aromatic carbocycles. The van der Waals surface area contributed by atoms with Gasteiger partial charge in [-0.05, 0) is 23.6 Å². The fourth-order valence-electron chi connectivity index (χ4n) is 3.63. The number of pyridine rings is 1. The molecule has 0 saturated carbocycles. The van der Waals surface area contributed by atoms with Gasteiger partial charge in [0.25, 0.3) is 5.91 Å². The van der Waals surface area contributed by atoms with Gasteiger partial charge in [-0.15, -0.1) is 22.7 Å². The summed E-state index contributed by atoms with van der Waals surface area (Å²) in [6, 6.07) is 7.57. The fraction of sp³-hybridized carbons (Fsp3) is 0.391. The number of carbonyl (C=O) groups excluding carboxylic acids is 3. The fourth-order valence-corrected chi connectivity index (χ4v) is 5.38. The van der Waals surface area contributed by atoms with Gasteiger partial charge >= 0.3 is 5.97 Å². The zero-order valence-electron chi connectivity index (χ0n) is 18.8. The van der Waals surface area contributed by atoms with Gasteiger partial charge in [0.15, 0.2) is 0 Å². The van der Waals surface area contributed by atoms with Crippen LogP contribution >= 0.6 is 22.7 Å². The Balaban J connectivity index is 1.47. The first-order valence-electron chi connectivity index (χ1n) is 10.7. The molecule has 1 aliphatic rings. The van der Waals surface area contributed by atoms with Gasteiger partial charge in [0, 0.05) is 44.0 Å². The number of aromatic nitrogens is 1. The summed E-state index contributed by atoms with van der Waals surface area (Å²) < 4.78 is 4.91. The number of anilines is 1. The van der Waals surface area contributed by atoms with Gasteiger partial charge in [0.1, 0.15) is 9.71 Å². The number of piperazine rings is 1. The Hall–Kier alpha value is -2.82. The molecule has 174 valence electrons. The molecular formula is C23H26N4O4S2. The largest absolute Gasteiger partial charge is 0.465 e. The van der Waals surface area contributed by atoms with E-state index in [0.29, 0.717) is 35.0 Å². The molecule has 0 unspecified atom stereocenters. The van der Waals surface area contributed by atoms with E-state index in [1.54, 1.807) is 13.8 Å². The molecule has 0 radical (unpaired) electrons. The zero-order valence-corrected chi connectivity index (χ0v) is 20.4. The number of methoxy groups -OCH3 is 1. The van der Waals surface area contributed by atoms with Crippen LogP contribution in [0.5, 0.6) is 0 Å². The number of hydrogen-bond acceptors (Lipinski definition) is 8. The Morgan fingerprint density at radius 1 is 1.15 bits per heavy atom. The third kappa shape index (κ3) is 5.07. The highest BCUT2D eigenvalue weighted by molar-refractivity contribution is 7.21. The average Bonchev–Trinajstić information content (AvgIpc) is 3.47. The van der Waals surface area contributed by atoms with Crippen LogP contribution in [0.15, 0.2) is 29.6 Å². The van der Waals surface area contributed by atoms with Crippen LogP contribution in [0.1, 0.15) is 38.9 Å². The van der Waals surface area contributed by atoms with Crippen molar-refractivity contribution in [2.45, 2.75) is 20.4 Å². The van der Waals surface area contributed by atoms with Gasteiger partial charge in [0.05, 0.1) is 23.4 Å². The molecule has 1 aliphatic heterocycles. The zero-order chi connectivity index (χ0) is 23.5. The predicted octanol–water partition coefficient (Wildman–Crippen LogP) is 3.70. The van der Waals surface area contributed by atoms with Crippen LogP contribution in [0, 0.1) is 5.92 Å². The standard InChI is InChI=1S/C23H26N4O4S2/c1-14(2)20(28)25-18-16-7-6-15(24-21(16)33-19(18)23(30)31-3)13-26-8-10-27(11-9-26)22(29)17-5-4-12-32-17/h4-7,12,14H,8-11,13H2,1-3H3,(H,25,28). The number of rotatable bonds is 6. The molecule has 4 rings (SSSR count). The summed E-state index contributed by atoms with van der Waals surface area (Å²) >= 11 is 2.69. The molecule has 0 spiro atoms. The van der Waals surface area contributed by atoms with Gasteiger partial charge in [-0.3, -0.25) is 14.5 Å². The van der Waals surface area contributed by atoms with Gasteiger partial charge in [-0.25, -0.2) is 9.78 Å². The Labute approximate surface area is 200 Å². The topological polar surface area (TPSA) is 91.8 Å². The second-order valence-corrected chi connectivity index (χ2v) is 10.1. The molecule has 8 nitrogen and oxygen atoms in total. The lowest BCUT2D eigenvalue weighted by Gasteiger charge is -2.34. The number of esters is 1. The van der Waals surface area contributed by atoms with E-state index in [-0.39, 0.29) is 17.7 Å². The van der Waals surface area contributed by atoms with Gasteiger partial charge < -0.3 is 15.0 Å². The minimum atomic E-state index is -0.495. The van der Waals surface area contributed by atoms with Gasteiger partial charge in [0.2, 0.25) is 5.91 Å². The highest BCUT2D eigenvalue weighted by atomic mass is 32.1. The highest BCUT2D eigenvalue weighted by Crippen LogP contribution is 2.36. The molecule has 10 heteroatoms. The minimum Gasteiger partial charge on any atom is -0.465 e. The van der Waals surface area contributed by atoms with E-state index in [2.05, 4.69) is 10.2 Å². The maximum atomic E-state index is 12.5. The van der Waals surface area contributed by atoms with E-state index < -0.39 is 5.97 Å². The third-order valence-electron chi connectivity index (χ3n) is 5.53. The Kier molecular flexibility index (Phi) is 7.06. The van der Waals surface area contributed by atoms with Crippen LogP contribution in [-0.4, -0.2) is 65.9 Å². The number of fused-ring (bicyclic) bond motifs is 1. The second-order valence-electron chi connectivity index (χ2n) is 8.14. The summed E-state index contributed by atoms with van der Waals surface area (Å²) in [4.78, 5) is 47.8. The smallest absolute Gasteiger partial charge is 0.350 e. The molecule has 2 amide bonds. The van der Waals surface area contributed by atoms with Crippen molar-refractivity contribution in [1.29, 1.82) is 0 Å². The van der Waals surface area contributed by atoms with Crippen molar-refractivity contribution in [1.82, 2.24) is 14.8 Å². The van der Waals surface area contributed by atoms with Crippen LogP contribution in [0.25, 0.3) is 10.2 Å². The minimum absolute atomic E-state index is 0.0918. The number of hydrogen-bond donors (Lipinski definition) is 1. The van der Waals surface area contributed by atoms with E-state index in [4.69, 9.17) is 9.72 Å². The molecule has 3 aromatic rings. The highest BCUT2D eigenvalue weighted by Gasteiger charge is 2.25. The number of carbonyl (C=O) groups is 3. The van der Waals surface area contributed by atoms with Crippen molar-refractivity contribution in [2.75, 3.05) is 38.6 Å². The van der Waals surface area contributed by atoms with Crippen molar-refractivity contribution in [3.8, 4) is 0 Å². The van der Waals surface area contributed by atoms with E-state index in [0.717, 1.165) is 29.0 Å². The third-order valence-corrected chi connectivity index (χ3v) is 7.47. The van der Waals surface area contributed by atoms with Crippen LogP contribution in [0.2, 0.25) is 0 Å². The van der Waals surface area contributed by atoms with E-state index >= 15 is 0 Å². The average molecular weight is 487 g/mol. The van der Waals surface area contributed by atoms with Crippen molar-refractivity contribution in [2.24, 2.45) is 5.92 Å². The lowest BCUT2D eigenvalue weighted by atomic mass is 10.2. The predicted molar refractivity (Wildman–Crippen MR) is 130 cm³/mol. The second kappa shape index (κ2) is 9.98. The number of ether oxygens (including phenoxy) is 1. The lowest BCUT2D eigenvalue weighted by molar-refractivity contribution is -0.118. The van der Waals surface area contributed by atoms with Crippen molar-refractivity contribution < 1.29 is 19.1 Å². The quantitative estimate of drug-likeness (QED) is 0.534. The summed E-state index contributed by atoms with van der Waals surface area (Å²) in [5, 5.41) is 5.50. The van der Waals surface area contributed by atoms with Crippen LogP contribution in [0.4, 0.5) is 5.69 Å². The van der Waals surface area contributed by atoms with E-state index in [1.165, 1.54) is 29.8 Å². The molecule has 0 aliphatic carbocycles. The van der Waals surface area contributed by atoms with Crippen LogP contribution < -0.4 is 5.32 Å². The number of amides is 2. The van der Waals surface area contributed by atoms with Crippen LogP contribution in [0.3, 0.4) is 0 Å². The van der Waals surface area contributed by atoms with Gasteiger partial charge in [-0.1, -0.05) is 19.9 Å². The SMILES string of the molecule is COC(=O)c1sc2nc(CN3CCN(C(=O)c4cccs4)CC3)ccc2c1NC(=O)C(C)C. The Bertz CT molecular complexity index is 1160. The summed E-state index contributed by atoms with van der Waals surface area (Å²) in [5.41, 5.74) is 1.33. The molecule has 33 heavy (non-hydrogen) atoms. The van der Waals surface area contributed by atoms with Gasteiger partial charge in [-0.2, -0.15) is 0 Å². The molecule has 0 atom stereocenters. The summed E-state index contributed by atoms with van der Waals surface area (Å²) in [7, 11) is 1.32. The Morgan fingerprint density at radius 3 is 2.55 bits per heavy atom. The first kappa shape index (κ1) is 23.3. The number of thiophene rings is 2. The maximum Gasteiger partial charge on any atom is 0.350 e.